The lowest BCUT2D eigenvalue weighted by molar-refractivity contribution is -0.128. The molecule has 0 radical (unpaired) electrons. The minimum Gasteiger partial charge on any atom is -0.310 e. The number of imide groups is 1. The van der Waals surface area contributed by atoms with Crippen LogP contribution in [0.4, 0.5) is 4.79 Å². The lowest BCUT2D eigenvalue weighted by Gasteiger charge is -2.38. The van der Waals surface area contributed by atoms with Crippen molar-refractivity contribution >= 4 is 11.9 Å². The number of carbonyl (C=O) groups excluding carboxylic acids is 2. The van der Waals surface area contributed by atoms with Crippen LogP contribution < -0.4 is 5.32 Å². The average molecular weight is 279 g/mol. The molecule has 0 aromatic heterocycles. The zero-order chi connectivity index (χ0) is 14.0. The van der Waals surface area contributed by atoms with Crippen LogP contribution in [0.25, 0.3) is 0 Å². The number of nitrogens with zero attached hydrogens (tertiary/aromatic N) is 2. The molecule has 2 aliphatic heterocycles. The van der Waals surface area contributed by atoms with E-state index in [1.807, 2.05) is 4.90 Å². The molecule has 0 unspecified atom stereocenters. The molecule has 3 fully saturated rings. The molecular weight excluding hydrogens is 254 g/mol. The quantitative estimate of drug-likeness (QED) is 0.797. The molecule has 5 heteroatoms. The van der Waals surface area contributed by atoms with E-state index in [-0.39, 0.29) is 11.9 Å². The van der Waals surface area contributed by atoms with E-state index in [0.717, 1.165) is 38.6 Å². The molecule has 0 aromatic carbocycles. The van der Waals surface area contributed by atoms with Gasteiger partial charge in [-0.1, -0.05) is 19.3 Å². The number of urea groups is 1. The Bertz CT molecular complexity index is 385. The first-order valence-corrected chi connectivity index (χ1v) is 8.08. The Morgan fingerprint density at radius 3 is 2.35 bits per heavy atom. The summed E-state index contributed by atoms with van der Waals surface area (Å²) in [4.78, 5) is 28.6. The van der Waals surface area contributed by atoms with Gasteiger partial charge in [0.25, 0.3) is 5.91 Å². The van der Waals surface area contributed by atoms with Crippen molar-refractivity contribution < 1.29 is 9.59 Å². The summed E-state index contributed by atoms with van der Waals surface area (Å²) in [6.07, 6.45) is 8.56. The standard InChI is InChI=1S/C15H25N3O2/c19-13-15(7-2-1-3-8-15)18(14(20)16-13)12-6-11-17-9-4-5-10-17/h1-12H2,(H,16,19,20). The van der Waals surface area contributed by atoms with Crippen molar-refractivity contribution in [2.45, 2.75) is 56.9 Å². The highest BCUT2D eigenvalue weighted by atomic mass is 16.2. The Labute approximate surface area is 120 Å². The fourth-order valence-electron chi connectivity index (χ4n) is 4.01. The maximum absolute atomic E-state index is 12.2. The van der Waals surface area contributed by atoms with Gasteiger partial charge >= 0.3 is 6.03 Å². The van der Waals surface area contributed by atoms with Gasteiger partial charge in [0.1, 0.15) is 5.54 Å². The minimum atomic E-state index is -0.514. The van der Waals surface area contributed by atoms with E-state index < -0.39 is 5.54 Å². The van der Waals surface area contributed by atoms with Gasteiger partial charge in [0.15, 0.2) is 0 Å². The second kappa shape index (κ2) is 5.72. The third kappa shape index (κ3) is 2.43. The summed E-state index contributed by atoms with van der Waals surface area (Å²) in [5.41, 5.74) is -0.514. The van der Waals surface area contributed by atoms with Gasteiger partial charge < -0.3 is 9.80 Å². The normalized spacial score (nSPS) is 26.5. The van der Waals surface area contributed by atoms with E-state index in [0.29, 0.717) is 6.54 Å². The molecule has 1 spiro atoms. The van der Waals surface area contributed by atoms with Gasteiger partial charge in [-0.05, 0) is 51.7 Å². The monoisotopic (exact) mass is 279 g/mol. The summed E-state index contributed by atoms with van der Waals surface area (Å²) in [6, 6.07) is -0.168. The molecule has 1 aliphatic carbocycles. The molecule has 20 heavy (non-hydrogen) atoms. The smallest absolute Gasteiger partial charge is 0.310 e. The van der Waals surface area contributed by atoms with Gasteiger partial charge in [0, 0.05) is 6.54 Å². The summed E-state index contributed by atoms with van der Waals surface area (Å²) in [5, 5.41) is 2.54. The Hall–Kier alpha value is -1.10. The Kier molecular flexibility index (Phi) is 3.96. The second-order valence-corrected chi connectivity index (χ2v) is 6.41. The van der Waals surface area contributed by atoms with E-state index in [1.165, 1.54) is 32.4 Å². The van der Waals surface area contributed by atoms with E-state index in [4.69, 9.17) is 0 Å². The van der Waals surface area contributed by atoms with Gasteiger partial charge in [-0.3, -0.25) is 10.1 Å². The average Bonchev–Trinajstić information content (AvgIpc) is 3.03. The first-order valence-electron chi connectivity index (χ1n) is 8.08. The van der Waals surface area contributed by atoms with Crippen molar-refractivity contribution in [1.29, 1.82) is 0 Å². The van der Waals surface area contributed by atoms with Crippen LogP contribution in [0, 0.1) is 0 Å². The molecule has 1 saturated carbocycles. The molecule has 2 saturated heterocycles. The first kappa shape index (κ1) is 13.9. The molecule has 112 valence electrons. The Morgan fingerprint density at radius 2 is 1.65 bits per heavy atom. The van der Waals surface area contributed by atoms with Crippen LogP contribution in [-0.4, -0.2) is 53.5 Å². The van der Waals surface area contributed by atoms with Gasteiger partial charge in [-0.15, -0.1) is 0 Å². The second-order valence-electron chi connectivity index (χ2n) is 6.41. The van der Waals surface area contributed by atoms with Crippen molar-refractivity contribution in [3.05, 3.63) is 0 Å². The van der Waals surface area contributed by atoms with Gasteiger partial charge in [0.2, 0.25) is 0 Å². The zero-order valence-electron chi connectivity index (χ0n) is 12.2. The van der Waals surface area contributed by atoms with E-state index in [9.17, 15) is 9.59 Å². The SMILES string of the molecule is O=C1NC(=O)C2(CCCCC2)N1CCCN1CCCC1. The van der Waals surface area contributed by atoms with E-state index in [1.54, 1.807) is 0 Å². The van der Waals surface area contributed by atoms with E-state index in [2.05, 4.69) is 10.2 Å². The third-order valence-electron chi connectivity index (χ3n) is 5.14. The molecule has 5 nitrogen and oxygen atoms in total. The molecule has 3 aliphatic rings. The molecular formula is C15H25N3O2. The largest absolute Gasteiger partial charge is 0.325 e. The van der Waals surface area contributed by atoms with Crippen LogP contribution in [0.3, 0.4) is 0 Å². The molecule has 0 bridgehead atoms. The molecule has 3 amide bonds. The third-order valence-corrected chi connectivity index (χ3v) is 5.14. The lowest BCUT2D eigenvalue weighted by Crippen LogP contribution is -2.51. The minimum absolute atomic E-state index is 0.0524. The van der Waals surface area contributed by atoms with Crippen molar-refractivity contribution in [2.75, 3.05) is 26.2 Å². The molecule has 3 rings (SSSR count). The van der Waals surface area contributed by atoms with Crippen LogP contribution in [0.1, 0.15) is 51.4 Å². The van der Waals surface area contributed by atoms with Gasteiger partial charge in [-0.2, -0.15) is 0 Å². The fourth-order valence-corrected chi connectivity index (χ4v) is 4.01. The van der Waals surface area contributed by atoms with Crippen molar-refractivity contribution in [3.63, 3.8) is 0 Å². The van der Waals surface area contributed by atoms with Crippen molar-refractivity contribution in [1.82, 2.24) is 15.1 Å². The summed E-state index contributed by atoms with van der Waals surface area (Å²) in [5.74, 6) is -0.0524. The van der Waals surface area contributed by atoms with Crippen LogP contribution in [0.15, 0.2) is 0 Å². The predicted molar refractivity (Wildman–Crippen MR) is 76.4 cm³/mol. The van der Waals surface area contributed by atoms with Crippen LogP contribution in [0.2, 0.25) is 0 Å². The summed E-state index contributed by atoms with van der Waals surface area (Å²) >= 11 is 0. The number of hydrogen-bond acceptors (Lipinski definition) is 3. The number of likely N-dealkylation sites (tertiary alicyclic amines) is 1. The summed E-state index contributed by atoms with van der Waals surface area (Å²) in [7, 11) is 0. The summed E-state index contributed by atoms with van der Waals surface area (Å²) < 4.78 is 0. The topological polar surface area (TPSA) is 52.7 Å². The maximum Gasteiger partial charge on any atom is 0.325 e. The highest BCUT2D eigenvalue weighted by molar-refractivity contribution is 6.07. The molecule has 0 atom stereocenters. The highest BCUT2D eigenvalue weighted by Gasteiger charge is 2.52. The molecule has 1 N–H and O–H groups in total. The molecule has 0 aromatic rings. The lowest BCUT2D eigenvalue weighted by atomic mass is 9.80. The fraction of sp³-hybridized carbons (Fsp3) is 0.867. The maximum atomic E-state index is 12.2. The van der Waals surface area contributed by atoms with Crippen LogP contribution in [0.5, 0.6) is 0 Å². The van der Waals surface area contributed by atoms with E-state index >= 15 is 0 Å². The highest BCUT2D eigenvalue weighted by Crippen LogP contribution is 2.37. The van der Waals surface area contributed by atoms with Crippen LogP contribution in [-0.2, 0) is 4.79 Å². The first-order chi connectivity index (χ1) is 9.72. The number of hydrogen-bond donors (Lipinski definition) is 1. The molecule has 2 heterocycles. The zero-order valence-corrected chi connectivity index (χ0v) is 12.2. The number of amides is 3. The number of carbonyl (C=O) groups is 2. The van der Waals surface area contributed by atoms with Crippen LogP contribution >= 0.6 is 0 Å². The van der Waals surface area contributed by atoms with Gasteiger partial charge in [-0.25, -0.2) is 4.79 Å². The summed E-state index contributed by atoms with van der Waals surface area (Å²) in [6.45, 7) is 4.15. The predicted octanol–water partition coefficient (Wildman–Crippen LogP) is 1.73. The number of nitrogens with one attached hydrogen (secondary N) is 1. The number of rotatable bonds is 4. The van der Waals surface area contributed by atoms with Gasteiger partial charge in [0.05, 0.1) is 0 Å². The van der Waals surface area contributed by atoms with Crippen molar-refractivity contribution in [3.8, 4) is 0 Å². The Morgan fingerprint density at radius 1 is 0.950 bits per heavy atom. The Balaban J connectivity index is 1.60. The van der Waals surface area contributed by atoms with Crippen molar-refractivity contribution in [2.24, 2.45) is 0 Å².